The Balaban J connectivity index is -0.0000150. The standard InChI is InChI=1S/C51H90N6O10.3H2/c1-50(2,36-43(58)27-26-42-38-53-40-57-42)45(60)37-51(3,4)44(59)35-41(23-19-20-28-52)49(65)56-31-32-66-33-34-67-39-47(62)55-30-22-21-29-54-46(61)24-17-15-13-11-9-7-5-6-8-10-12-14-16-18-25-48(63)64;;;/h38,40-41H,5-37,39,52H2,1-4H3,(H,53,57)(H,54,61)(H,55,62)(H,56,65)(H,63,64);3*1H/t41-;;;/m1.../s1. The molecule has 0 saturated heterocycles. The summed E-state index contributed by atoms with van der Waals surface area (Å²) in [6, 6.07) is 0. The Bertz CT molecular complexity index is 1550. The van der Waals surface area contributed by atoms with E-state index in [-0.39, 0.29) is 98.0 Å². The van der Waals surface area contributed by atoms with Crippen molar-refractivity contribution in [2.45, 2.75) is 195 Å². The fraction of sp³-hybridized carbons (Fsp3) is 0.804. The van der Waals surface area contributed by atoms with E-state index in [1.54, 1.807) is 40.2 Å². The fourth-order valence-corrected chi connectivity index (χ4v) is 7.78. The first-order valence-electron chi connectivity index (χ1n) is 25.5. The van der Waals surface area contributed by atoms with Crippen LogP contribution in [0.15, 0.2) is 12.5 Å². The number of rotatable bonds is 46. The Morgan fingerprint density at radius 3 is 1.76 bits per heavy atom. The number of unbranched alkanes of at least 4 members (excludes halogenated alkanes) is 15. The van der Waals surface area contributed by atoms with Gasteiger partial charge in [-0.05, 0) is 51.5 Å². The van der Waals surface area contributed by atoms with Crippen LogP contribution in [0.1, 0.15) is 198 Å². The smallest absolute Gasteiger partial charge is 0.303 e. The van der Waals surface area contributed by atoms with Crippen LogP contribution < -0.4 is 21.7 Å². The van der Waals surface area contributed by atoms with Crippen LogP contribution in [0, 0.1) is 16.7 Å². The molecule has 0 saturated carbocycles. The first kappa shape index (κ1) is 61.0. The molecule has 0 aliphatic rings. The zero-order valence-electron chi connectivity index (χ0n) is 41.9. The molecule has 0 aromatic carbocycles. The number of aliphatic carboxylic acids is 1. The van der Waals surface area contributed by atoms with Crippen LogP contribution >= 0.6 is 0 Å². The molecule has 0 unspecified atom stereocenters. The Morgan fingerprint density at radius 1 is 0.642 bits per heavy atom. The number of nitrogens with zero attached hydrogens (tertiary/aromatic N) is 1. The molecule has 67 heavy (non-hydrogen) atoms. The van der Waals surface area contributed by atoms with Crippen LogP contribution in [0.4, 0.5) is 0 Å². The van der Waals surface area contributed by atoms with Gasteiger partial charge in [-0.1, -0.05) is 111 Å². The monoisotopic (exact) mass is 953 g/mol. The van der Waals surface area contributed by atoms with E-state index < -0.39 is 22.7 Å². The van der Waals surface area contributed by atoms with Crippen molar-refractivity contribution in [2.75, 3.05) is 52.6 Å². The van der Waals surface area contributed by atoms with Gasteiger partial charge in [0.25, 0.3) is 0 Å². The van der Waals surface area contributed by atoms with E-state index in [0.29, 0.717) is 51.7 Å². The molecule has 0 aliphatic carbocycles. The molecular formula is C51H96N6O10. The minimum atomic E-state index is -1.02. The van der Waals surface area contributed by atoms with Gasteiger partial charge in [-0.2, -0.15) is 0 Å². The van der Waals surface area contributed by atoms with Crippen molar-refractivity contribution in [3.05, 3.63) is 18.2 Å². The molecular weight excluding hydrogens is 857 g/mol. The second-order valence-corrected chi connectivity index (χ2v) is 19.5. The number of hydrogen-bond acceptors (Lipinski definition) is 11. The third-order valence-electron chi connectivity index (χ3n) is 12.2. The summed E-state index contributed by atoms with van der Waals surface area (Å²) < 4.78 is 11.0. The third-order valence-corrected chi connectivity index (χ3v) is 12.2. The molecule has 1 rings (SSSR count). The summed E-state index contributed by atoms with van der Waals surface area (Å²) in [4.78, 5) is 94.6. The molecule has 7 N–H and O–H groups in total. The average Bonchev–Trinajstić information content (AvgIpc) is 3.80. The molecule has 0 fully saturated rings. The van der Waals surface area contributed by atoms with E-state index in [1.165, 1.54) is 51.4 Å². The molecule has 16 nitrogen and oxygen atoms in total. The summed E-state index contributed by atoms with van der Waals surface area (Å²) in [6.07, 6.45) is 24.4. The minimum absolute atomic E-state index is 0. The van der Waals surface area contributed by atoms with Crippen LogP contribution in [-0.4, -0.2) is 109 Å². The topological polar surface area (TPSA) is 249 Å². The van der Waals surface area contributed by atoms with E-state index in [2.05, 4.69) is 25.9 Å². The maximum Gasteiger partial charge on any atom is 0.303 e. The van der Waals surface area contributed by atoms with Crippen molar-refractivity contribution < 1.29 is 52.4 Å². The van der Waals surface area contributed by atoms with Gasteiger partial charge in [-0.3, -0.25) is 33.6 Å². The van der Waals surface area contributed by atoms with Crippen LogP contribution in [0.5, 0.6) is 0 Å². The summed E-state index contributed by atoms with van der Waals surface area (Å²) in [5, 5.41) is 17.3. The number of amides is 3. The number of nitrogens with one attached hydrogen (secondary N) is 4. The molecule has 1 aromatic rings. The van der Waals surface area contributed by atoms with Crippen LogP contribution in [-0.2, 0) is 49.5 Å². The molecule has 3 amide bonds. The first-order chi connectivity index (χ1) is 32.1. The van der Waals surface area contributed by atoms with E-state index in [4.69, 9.17) is 20.3 Å². The number of carboxylic acids is 1. The lowest BCUT2D eigenvalue weighted by Gasteiger charge is -2.30. The maximum atomic E-state index is 13.6. The Hall–Kier alpha value is -4.02. The maximum absolute atomic E-state index is 13.6. The number of aromatic nitrogens is 2. The number of carboxylic acid groups (broad SMARTS) is 1. The Kier molecular flexibility index (Phi) is 34.5. The fourth-order valence-electron chi connectivity index (χ4n) is 7.78. The van der Waals surface area contributed by atoms with E-state index in [0.717, 1.165) is 63.5 Å². The second-order valence-electron chi connectivity index (χ2n) is 19.5. The number of aromatic amines is 1. The zero-order valence-corrected chi connectivity index (χ0v) is 41.9. The molecule has 0 bridgehead atoms. The molecule has 16 heteroatoms. The van der Waals surface area contributed by atoms with Gasteiger partial charge in [0.1, 0.15) is 24.0 Å². The third kappa shape index (κ3) is 33.2. The molecule has 0 radical (unpaired) electrons. The minimum Gasteiger partial charge on any atom is -0.481 e. The van der Waals surface area contributed by atoms with Gasteiger partial charge < -0.3 is 41.2 Å². The van der Waals surface area contributed by atoms with Gasteiger partial charge in [0.05, 0.1) is 26.1 Å². The molecule has 0 aliphatic heterocycles. The van der Waals surface area contributed by atoms with Crippen molar-refractivity contribution >= 4 is 41.0 Å². The summed E-state index contributed by atoms with van der Waals surface area (Å²) in [6.45, 7) is 9.27. The lowest BCUT2D eigenvalue weighted by atomic mass is 9.72. The predicted molar refractivity (Wildman–Crippen MR) is 267 cm³/mol. The number of aryl methyl sites for hydroxylation is 1. The Morgan fingerprint density at radius 2 is 1.19 bits per heavy atom. The van der Waals surface area contributed by atoms with Crippen molar-refractivity contribution in [2.24, 2.45) is 22.5 Å². The van der Waals surface area contributed by atoms with Crippen molar-refractivity contribution in [3.8, 4) is 0 Å². The highest BCUT2D eigenvalue weighted by Gasteiger charge is 2.38. The quantitative estimate of drug-likeness (QED) is 0.0338. The molecule has 390 valence electrons. The number of ether oxygens (including phenoxy) is 2. The summed E-state index contributed by atoms with van der Waals surface area (Å²) in [5.41, 5.74) is 4.60. The second kappa shape index (κ2) is 37.9. The molecule has 1 atom stereocenters. The van der Waals surface area contributed by atoms with E-state index >= 15 is 0 Å². The van der Waals surface area contributed by atoms with E-state index in [1.807, 2.05) is 0 Å². The van der Waals surface area contributed by atoms with Gasteiger partial charge in [-0.15, -0.1) is 0 Å². The number of ketones is 3. The largest absolute Gasteiger partial charge is 0.481 e. The van der Waals surface area contributed by atoms with Crippen molar-refractivity contribution in [3.63, 3.8) is 0 Å². The summed E-state index contributed by atoms with van der Waals surface area (Å²) in [7, 11) is 0. The average molecular weight is 953 g/mol. The number of carbonyl (C=O) groups excluding carboxylic acids is 6. The number of carbonyl (C=O) groups is 7. The van der Waals surface area contributed by atoms with Crippen molar-refractivity contribution in [1.29, 1.82) is 0 Å². The lowest BCUT2D eigenvalue weighted by Crippen LogP contribution is -2.39. The summed E-state index contributed by atoms with van der Waals surface area (Å²) >= 11 is 0. The van der Waals surface area contributed by atoms with Gasteiger partial charge in [0.15, 0.2) is 0 Å². The highest BCUT2D eigenvalue weighted by molar-refractivity contribution is 5.96. The van der Waals surface area contributed by atoms with Crippen LogP contribution in [0.25, 0.3) is 0 Å². The lowest BCUT2D eigenvalue weighted by molar-refractivity contribution is -0.139. The predicted octanol–water partition coefficient (Wildman–Crippen LogP) is 8.24. The van der Waals surface area contributed by atoms with Crippen LogP contribution in [0.2, 0.25) is 0 Å². The van der Waals surface area contributed by atoms with E-state index in [9.17, 15) is 33.6 Å². The number of Topliss-reactive ketones (excluding diaryl/α,β-unsaturated/α-hetero) is 3. The number of nitrogens with two attached hydrogens (primary N) is 1. The van der Waals surface area contributed by atoms with Gasteiger partial charge in [0, 0.05) is 91.1 Å². The molecule has 1 aromatic heterocycles. The zero-order chi connectivity index (χ0) is 49.6. The Labute approximate surface area is 406 Å². The number of H-pyrrole nitrogens is 1. The van der Waals surface area contributed by atoms with Gasteiger partial charge in [-0.25, -0.2) is 4.98 Å². The normalized spacial score (nSPS) is 12.1. The highest BCUT2D eigenvalue weighted by atomic mass is 16.5. The van der Waals surface area contributed by atoms with Gasteiger partial charge >= 0.3 is 5.97 Å². The first-order valence-corrected chi connectivity index (χ1v) is 25.5. The number of hydrogen-bond donors (Lipinski definition) is 6. The van der Waals surface area contributed by atoms with Crippen molar-refractivity contribution in [1.82, 2.24) is 25.9 Å². The molecule has 0 spiro atoms. The van der Waals surface area contributed by atoms with Gasteiger partial charge in [0.2, 0.25) is 17.7 Å². The SMILES string of the molecule is CC(C)(CC(=O)CCc1cnc[nH]1)C(=O)CC(C)(C)C(=O)C[C@@H](CCCCN)C(=O)NCCOCCOCC(=O)NCCCCNC(=O)CCCCCCCCCCCCCCCCC(=O)O.[HH].[HH].[HH]. The molecule has 1 heterocycles. The number of imidazole rings is 1. The van der Waals surface area contributed by atoms with Crippen LogP contribution in [0.3, 0.4) is 0 Å². The highest BCUT2D eigenvalue weighted by Crippen LogP contribution is 2.33. The summed E-state index contributed by atoms with van der Waals surface area (Å²) in [5.74, 6) is -2.08.